The molecule has 3 nitrogen and oxygen atoms in total. The van der Waals surface area contributed by atoms with Crippen molar-refractivity contribution in [1.29, 1.82) is 0 Å². The first-order valence-corrected chi connectivity index (χ1v) is 2.39. The summed E-state index contributed by atoms with van der Waals surface area (Å²) >= 11 is 0. The highest BCUT2D eigenvalue weighted by molar-refractivity contribution is 5.50. The summed E-state index contributed by atoms with van der Waals surface area (Å²) in [4.78, 5) is 0. The van der Waals surface area contributed by atoms with Crippen LogP contribution in [0.1, 0.15) is 13.8 Å². The van der Waals surface area contributed by atoms with Crippen LogP contribution in [0.3, 0.4) is 0 Å². The van der Waals surface area contributed by atoms with E-state index in [1.807, 2.05) is 13.8 Å². The molecule has 0 aliphatic carbocycles. The lowest BCUT2D eigenvalue weighted by Gasteiger charge is -1.87. The zero-order chi connectivity index (χ0) is 6.41. The van der Waals surface area contributed by atoms with E-state index in [4.69, 9.17) is 5.73 Å². The average molecular weight is 113 g/mol. The van der Waals surface area contributed by atoms with Crippen LogP contribution in [-0.2, 0) is 0 Å². The Balaban J connectivity index is 3.30. The lowest BCUT2D eigenvalue weighted by Crippen LogP contribution is -1.99. The molecule has 0 radical (unpaired) electrons. The van der Waals surface area contributed by atoms with Gasteiger partial charge in [-0.3, -0.25) is 5.43 Å². The normalized spacial score (nSPS) is 9.25. The van der Waals surface area contributed by atoms with Crippen molar-refractivity contribution in [3.8, 4) is 0 Å². The molecule has 0 bridgehead atoms. The molecule has 0 saturated carbocycles. The smallest absolute Gasteiger partial charge is 0.106 e. The topological polar surface area (TPSA) is 50.4 Å². The van der Waals surface area contributed by atoms with Crippen molar-refractivity contribution in [3.05, 3.63) is 11.8 Å². The van der Waals surface area contributed by atoms with Crippen molar-refractivity contribution in [2.24, 2.45) is 10.8 Å². The van der Waals surface area contributed by atoms with Crippen LogP contribution in [0.2, 0.25) is 0 Å². The van der Waals surface area contributed by atoms with E-state index in [0.717, 1.165) is 5.57 Å². The molecule has 0 atom stereocenters. The van der Waals surface area contributed by atoms with E-state index in [1.165, 1.54) is 6.34 Å². The number of rotatable bonds is 2. The van der Waals surface area contributed by atoms with Crippen molar-refractivity contribution in [1.82, 2.24) is 5.43 Å². The lowest BCUT2D eigenvalue weighted by molar-refractivity contribution is 0.955. The standard InChI is InChI=1S/C5H11N3/c1-5(2)3-7-8-4-6/h3-4,7H,1-2H3,(H2,6,8). The largest absolute Gasteiger partial charge is 0.388 e. The molecule has 0 aromatic rings. The summed E-state index contributed by atoms with van der Waals surface area (Å²) in [6.07, 6.45) is 2.98. The monoisotopic (exact) mass is 113 g/mol. The fraction of sp³-hybridized carbons (Fsp3) is 0.400. The van der Waals surface area contributed by atoms with Gasteiger partial charge >= 0.3 is 0 Å². The quantitative estimate of drug-likeness (QED) is 0.309. The number of nitrogens with two attached hydrogens (primary N) is 1. The molecule has 0 spiro atoms. The van der Waals surface area contributed by atoms with E-state index in [1.54, 1.807) is 6.20 Å². The van der Waals surface area contributed by atoms with Crippen molar-refractivity contribution in [2.75, 3.05) is 0 Å². The van der Waals surface area contributed by atoms with E-state index in [9.17, 15) is 0 Å². The van der Waals surface area contributed by atoms with E-state index in [0.29, 0.717) is 0 Å². The van der Waals surface area contributed by atoms with Crippen LogP contribution in [0.15, 0.2) is 16.9 Å². The van der Waals surface area contributed by atoms with Crippen LogP contribution in [0.5, 0.6) is 0 Å². The van der Waals surface area contributed by atoms with Gasteiger partial charge < -0.3 is 5.73 Å². The summed E-state index contributed by atoms with van der Waals surface area (Å²) in [5.41, 5.74) is 8.71. The SMILES string of the molecule is CC(C)=CN/N=C\N. The highest BCUT2D eigenvalue weighted by atomic mass is 15.3. The van der Waals surface area contributed by atoms with E-state index < -0.39 is 0 Å². The van der Waals surface area contributed by atoms with Gasteiger partial charge in [0.05, 0.1) is 0 Å². The zero-order valence-electron chi connectivity index (χ0n) is 5.18. The van der Waals surface area contributed by atoms with Crippen molar-refractivity contribution >= 4 is 6.34 Å². The van der Waals surface area contributed by atoms with Crippen LogP contribution < -0.4 is 11.2 Å². The number of nitrogens with zero attached hydrogens (tertiary/aromatic N) is 1. The van der Waals surface area contributed by atoms with Crippen molar-refractivity contribution in [2.45, 2.75) is 13.8 Å². The van der Waals surface area contributed by atoms with Gasteiger partial charge in [0.2, 0.25) is 0 Å². The first-order chi connectivity index (χ1) is 3.77. The Morgan fingerprint density at radius 2 is 2.25 bits per heavy atom. The van der Waals surface area contributed by atoms with E-state index in [2.05, 4.69) is 10.5 Å². The molecular weight excluding hydrogens is 102 g/mol. The number of hydrogen-bond donors (Lipinski definition) is 2. The fourth-order valence-electron chi connectivity index (χ4n) is 0.209. The van der Waals surface area contributed by atoms with Gasteiger partial charge in [0, 0.05) is 6.20 Å². The molecule has 0 aromatic carbocycles. The second-order valence-corrected chi connectivity index (χ2v) is 1.63. The van der Waals surface area contributed by atoms with Gasteiger partial charge in [-0.2, -0.15) is 5.10 Å². The maximum Gasteiger partial charge on any atom is 0.106 e. The van der Waals surface area contributed by atoms with E-state index in [-0.39, 0.29) is 0 Å². The second-order valence-electron chi connectivity index (χ2n) is 1.63. The summed E-state index contributed by atoms with van der Waals surface area (Å²) in [6, 6.07) is 0. The minimum Gasteiger partial charge on any atom is -0.388 e. The predicted molar refractivity (Wildman–Crippen MR) is 35.2 cm³/mol. The summed E-state index contributed by atoms with van der Waals surface area (Å²) in [7, 11) is 0. The first kappa shape index (κ1) is 7.01. The molecule has 0 unspecified atom stereocenters. The molecule has 0 rings (SSSR count). The maximum atomic E-state index is 4.93. The maximum absolute atomic E-state index is 4.93. The molecule has 3 heteroatoms. The van der Waals surface area contributed by atoms with Crippen LogP contribution in [0.4, 0.5) is 0 Å². The first-order valence-electron chi connectivity index (χ1n) is 2.39. The van der Waals surface area contributed by atoms with Crippen LogP contribution in [0, 0.1) is 0 Å². The molecule has 46 valence electrons. The minimum absolute atomic E-state index is 1.16. The lowest BCUT2D eigenvalue weighted by atomic mass is 10.4. The molecule has 0 aliphatic heterocycles. The third kappa shape index (κ3) is 5.01. The average Bonchev–Trinajstić information content (AvgIpc) is 1.66. The Hall–Kier alpha value is -0.990. The van der Waals surface area contributed by atoms with Crippen LogP contribution in [0.25, 0.3) is 0 Å². The summed E-state index contributed by atoms with van der Waals surface area (Å²) in [5, 5.41) is 3.54. The minimum atomic E-state index is 1.16. The highest BCUT2D eigenvalue weighted by Crippen LogP contribution is 1.81. The van der Waals surface area contributed by atoms with Crippen LogP contribution in [-0.4, -0.2) is 6.34 Å². The number of nitrogens with one attached hydrogen (secondary N) is 1. The van der Waals surface area contributed by atoms with Gasteiger partial charge in [-0.05, 0) is 13.8 Å². The Morgan fingerprint density at radius 1 is 1.62 bits per heavy atom. The van der Waals surface area contributed by atoms with E-state index >= 15 is 0 Å². The van der Waals surface area contributed by atoms with Gasteiger partial charge in [-0.25, -0.2) is 0 Å². The molecule has 8 heavy (non-hydrogen) atoms. The summed E-state index contributed by atoms with van der Waals surface area (Å²) in [6.45, 7) is 3.94. The Bertz CT molecular complexity index is 100. The number of allylic oxidation sites excluding steroid dienone is 1. The Kier molecular flexibility index (Phi) is 3.66. The molecule has 0 aliphatic rings. The van der Waals surface area contributed by atoms with Crippen LogP contribution >= 0.6 is 0 Å². The van der Waals surface area contributed by atoms with Crippen molar-refractivity contribution in [3.63, 3.8) is 0 Å². The Labute approximate surface area is 49.3 Å². The predicted octanol–water partition coefficient (Wildman–Crippen LogP) is 0.402. The molecule has 0 aromatic heterocycles. The molecule has 0 amide bonds. The van der Waals surface area contributed by atoms with Gasteiger partial charge in [-0.1, -0.05) is 5.57 Å². The molecule has 0 saturated heterocycles. The molecule has 0 fully saturated rings. The number of hydrogen-bond acceptors (Lipinski definition) is 2. The fourth-order valence-corrected chi connectivity index (χ4v) is 0.209. The summed E-state index contributed by atoms with van der Waals surface area (Å²) < 4.78 is 0. The highest BCUT2D eigenvalue weighted by Gasteiger charge is 1.69. The number of hydrazone groups is 1. The van der Waals surface area contributed by atoms with Gasteiger partial charge in [0.15, 0.2) is 0 Å². The van der Waals surface area contributed by atoms with Crippen molar-refractivity contribution < 1.29 is 0 Å². The molecular formula is C5H11N3. The van der Waals surface area contributed by atoms with Gasteiger partial charge in [0.1, 0.15) is 6.34 Å². The Morgan fingerprint density at radius 3 is 2.62 bits per heavy atom. The van der Waals surface area contributed by atoms with Gasteiger partial charge in [0.25, 0.3) is 0 Å². The zero-order valence-corrected chi connectivity index (χ0v) is 5.18. The molecule has 3 N–H and O–H groups in total. The van der Waals surface area contributed by atoms with Gasteiger partial charge in [-0.15, -0.1) is 0 Å². The third-order valence-corrected chi connectivity index (χ3v) is 0.502. The summed E-state index contributed by atoms with van der Waals surface area (Å²) in [5.74, 6) is 0. The second kappa shape index (κ2) is 4.18. The third-order valence-electron chi connectivity index (χ3n) is 0.502. The molecule has 0 heterocycles.